The van der Waals surface area contributed by atoms with Crippen molar-refractivity contribution in [3.8, 4) is 0 Å². The minimum absolute atomic E-state index is 0.604. The molecule has 0 saturated heterocycles. The molecule has 0 bridgehead atoms. The number of rotatable bonds is 8. The molecule has 1 atom stereocenters. The Hall–Kier alpha value is 0.270. The van der Waals surface area contributed by atoms with Gasteiger partial charge in [-0.25, -0.2) is 0 Å². The molecular weight excluding hydrogens is 168 g/mol. The van der Waals surface area contributed by atoms with Gasteiger partial charge in [0.15, 0.2) is 0 Å². The molecule has 0 aliphatic carbocycles. The molecule has 74 valence electrons. The van der Waals surface area contributed by atoms with Gasteiger partial charge in [-0.1, -0.05) is 6.92 Å². The molecule has 0 amide bonds. The van der Waals surface area contributed by atoms with Gasteiger partial charge in [0.05, 0.1) is 0 Å². The van der Waals surface area contributed by atoms with Gasteiger partial charge in [0.25, 0.3) is 0 Å². The minimum Gasteiger partial charge on any atom is -0.315 e. The van der Waals surface area contributed by atoms with Gasteiger partial charge in [-0.3, -0.25) is 0 Å². The second-order valence-electron chi connectivity index (χ2n) is 3.01. The van der Waals surface area contributed by atoms with Crippen molar-refractivity contribution in [2.45, 2.75) is 26.3 Å². The van der Waals surface area contributed by atoms with Crippen LogP contribution in [-0.4, -0.2) is 37.7 Å². The Morgan fingerprint density at radius 3 is 2.75 bits per heavy atom. The number of likely N-dealkylation sites (N-methyl/N-ethyl adjacent to an activating group) is 1. The highest BCUT2D eigenvalue weighted by Gasteiger charge is 1.97. The van der Waals surface area contributed by atoms with E-state index < -0.39 is 0 Å². The standard InChI is InChI=1S/C9H22N2S/c1-4-10-8-9(2)11-6-5-7-12-3/h9-11H,4-8H2,1-3H3. The SMILES string of the molecule is CCNCC(C)NCCCSC. The Morgan fingerprint density at radius 1 is 1.42 bits per heavy atom. The van der Waals surface area contributed by atoms with E-state index in [0.717, 1.165) is 19.6 Å². The zero-order valence-corrected chi connectivity index (χ0v) is 9.34. The second kappa shape index (κ2) is 9.36. The van der Waals surface area contributed by atoms with Gasteiger partial charge in [0.2, 0.25) is 0 Å². The van der Waals surface area contributed by atoms with Crippen molar-refractivity contribution in [1.82, 2.24) is 10.6 Å². The van der Waals surface area contributed by atoms with Crippen molar-refractivity contribution in [1.29, 1.82) is 0 Å². The minimum atomic E-state index is 0.604. The molecule has 2 nitrogen and oxygen atoms in total. The van der Waals surface area contributed by atoms with Gasteiger partial charge in [0.1, 0.15) is 0 Å². The number of hydrogen-bond acceptors (Lipinski definition) is 3. The largest absolute Gasteiger partial charge is 0.315 e. The van der Waals surface area contributed by atoms with Crippen LogP contribution in [-0.2, 0) is 0 Å². The first-order chi connectivity index (χ1) is 5.81. The number of hydrogen-bond donors (Lipinski definition) is 2. The summed E-state index contributed by atoms with van der Waals surface area (Å²) in [5, 5.41) is 6.80. The summed E-state index contributed by atoms with van der Waals surface area (Å²) < 4.78 is 0. The van der Waals surface area contributed by atoms with Crippen molar-refractivity contribution >= 4 is 11.8 Å². The maximum atomic E-state index is 3.48. The number of thioether (sulfide) groups is 1. The van der Waals surface area contributed by atoms with Gasteiger partial charge in [0, 0.05) is 12.6 Å². The molecule has 12 heavy (non-hydrogen) atoms. The molecule has 2 N–H and O–H groups in total. The van der Waals surface area contributed by atoms with E-state index in [1.54, 1.807) is 0 Å². The first kappa shape index (κ1) is 12.3. The zero-order chi connectivity index (χ0) is 9.23. The van der Waals surface area contributed by atoms with E-state index in [1.165, 1.54) is 12.2 Å². The summed E-state index contributed by atoms with van der Waals surface area (Å²) in [4.78, 5) is 0. The third-order valence-electron chi connectivity index (χ3n) is 1.72. The maximum absolute atomic E-state index is 3.48. The highest BCUT2D eigenvalue weighted by atomic mass is 32.2. The van der Waals surface area contributed by atoms with Crippen molar-refractivity contribution in [3.63, 3.8) is 0 Å². The Labute approximate surface area is 80.9 Å². The summed E-state index contributed by atoms with van der Waals surface area (Å²) >= 11 is 1.92. The van der Waals surface area contributed by atoms with Crippen LogP contribution >= 0.6 is 11.8 Å². The first-order valence-corrected chi connectivity index (χ1v) is 6.13. The van der Waals surface area contributed by atoms with E-state index >= 15 is 0 Å². The van der Waals surface area contributed by atoms with Gasteiger partial charge in [-0.05, 0) is 38.4 Å². The molecule has 3 heteroatoms. The highest BCUT2D eigenvalue weighted by Crippen LogP contribution is 1.93. The van der Waals surface area contributed by atoms with Crippen LogP contribution in [0.25, 0.3) is 0 Å². The van der Waals surface area contributed by atoms with Crippen LogP contribution in [0.1, 0.15) is 20.3 Å². The monoisotopic (exact) mass is 190 g/mol. The molecule has 0 aromatic heterocycles. The maximum Gasteiger partial charge on any atom is 0.0164 e. The van der Waals surface area contributed by atoms with Crippen LogP contribution in [0.5, 0.6) is 0 Å². The third-order valence-corrected chi connectivity index (χ3v) is 2.42. The quantitative estimate of drug-likeness (QED) is 0.565. The molecule has 0 aromatic rings. The molecule has 1 unspecified atom stereocenters. The molecule has 0 radical (unpaired) electrons. The summed E-state index contributed by atoms with van der Waals surface area (Å²) in [5.41, 5.74) is 0. The topological polar surface area (TPSA) is 24.1 Å². The zero-order valence-electron chi connectivity index (χ0n) is 8.52. The molecule has 0 rings (SSSR count). The normalized spacial score (nSPS) is 13.2. The van der Waals surface area contributed by atoms with Gasteiger partial charge in [-0.15, -0.1) is 0 Å². The van der Waals surface area contributed by atoms with E-state index in [4.69, 9.17) is 0 Å². The fourth-order valence-corrected chi connectivity index (χ4v) is 1.43. The lowest BCUT2D eigenvalue weighted by Crippen LogP contribution is -2.36. The molecule has 0 fully saturated rings. The van der Waals surface area contributed by atoms with Crippen LogP contribution in [0.15, 0.2) is 0 Å². The van der Waals surface area contributed by atoms with Crippen LogP contribution in [0.4, 0.5) is 0 Å². The Balaban J connectivity index is 3.02. The Bertz CT molecular complexity index is 88.6. The van der Waals surface area contributed by atoms with Gasteiger partial charge < -0.3 is 10.6 Å². The molecule has 0 aromatic carbocycles. The van der Waals surface area contributed by atoms with Crippen molar-refractivity contribution in [3.05, 3.63) is 0 Å². The molecule has 0 heterocycles. The van der Waals surface area contributed by atoms with Crippen molar-refractivity contribution < 1.29 is 0 Å². The summed E-state index contributed by atoms with van der Waals surface area (Å²) in [6.45, 7) is 7.65. The van der Waals surface area contributed by atoms with Crippen LogP contribution < -0.4 is 10.6 Å². The van der Waals surface area contributed by atoms with E-state index in [9.17, 15) is 0 Å². The molecular formula is C9H22N2S. The van der Waals surface area contributed by atoms with Gasteiger partial charge >= 0.3 is 0 Å². The molecule has 0 spiro atoms. The fourth-order valence-electron chi connectivity index (χ4n) is 0.998. The van der Waals surface area contributed by atoms with Crippen molar-refractivity contribution in [2.75, 3.05) is 31.6 Å². The van der Waals surface area contributed by atoms with E-state index in [0.29, 0.717) is 6.04 Å². The van der Waals surface area contributed by atoms with E-state index in [1.807, 2.05) is 11.8 Å². The van der Waals surface area contributed by atoms with Crippen LogP contribution in [0.2, 0.25) is 0 Å². The highest BCUT2D eigenvalue weighted by molar-refractivity contribution is 7.98. The lowest BCUT2D eigenvalue weighted by Gasteiger charge is -2.13. The predicted octanol–water partition coefficient (Wildman–Crippen LogP) is 1.33. The Morgan fingerprint density at radius 2 is 2.17 bits per heavy atom. The van der Waals surface area contributed by atoms with Crippen LogP contribution in [0, 0.1) is 0 Å². The number of nitrogens with one attached hydrogen (secondary N) is 2. The third kappa shape index (κ3) is 8.37. The first-order valence-electron chi connectivity index (χ1n) is 4.74. The fraction of sp³-hybridized carbons (Fsp3) is 1.00. The lowest BCUT2D eigenvalue weighted by atomic mass is 10.3. The summed E-state index contributed by atoms with van der Waals surface area (Å²) in [6.07, 6.45) is 3.43. The molecule has 0 saturated carbocycles. The summed E-state index contributed by atoms with van der Waals surface area (Å²) in [6, 6.07) is 0.604. The predicted molar refractivity (Wildman–Crippen MR) is 59.0 cm³/mol. The summed E-state index contributed by atoms with van der Waals surface area (Å²) in [7, 11) is 0. The van der Waals surface area contributed by atoms with Crippen molar-refractivity contribution in [2.24, 2.45) is 0 Å². The average molecular weight is 190 g/mol. The average Bonchev–Trinajstić information content (AvgIpc) is 2.09. The Kier molecular flexibility index (Phi) is 9.57. The second-order valence-corrected chi connectivity index (χ2v) is 3.99. The van der Waals surface area contributed by atoms with E-state index in [-0.39, 0.29) is 0 Å². The van der Waals surface area contributed by atoms with E-state index in [2.05, 4.69) is 30.7 Å². The van der Waals surface area contributed by atoms with Crippen LogP contribution in [0.3, 0.4) is 0 Å². The molecule has 0 aliphatic heterocycles. The lowest BCUT2D eigenvalue weighted by molar-refractivity contribution is 0.510. The smallest absolute Gasteiger partial charge is 0.0164 e. The summed E-state index contributed by atoms with van der Waals surface area (Å²) in [5.74, 6) is 1.26. The molecule has 0 aliphatic rings. The van der Waals surface area contributed by atoms with Gasteiger partial charge in [-0.2, -0.15) is 11.8 Å².